The summed E-state index contributed by atoms with van der Waals surface area (Å²) in [6.07, 6.45) is 2.01. The lowest BCUT2D eigenvalue weighted by Gasteiger charge is -2.03. The smallest absolute Gasteiger partial charge is 0.342 e. The normalized spacial score (nSPS) is 14.5. The van der Waals surface area contributed by atoms with E-state index in [4.69, 9.17) is 9.15 Å². The van der Waals surface area contributed by atoms with Crippen molar-refractivity contribution < 1.29 is 18.7 Å². The van der Waals surface area contributed by atoms with Gasteiger partial charge in [-0.15, -0.1) is 0 Å². The lowest BCUT2D eigenvalue weighted by molar-refractivity contribution is 0.0521. The zero-order valence-electron chi connectivity index (χ0n) is 11.4. The van der Waals surface area contributed by atoms with E-state index >= 15 is 0 Å². The molecule has 0 amide bonds. The van der Waals surface area contributed by atoms with Crippen LogP contribution < -0.4 is 0 Å². The molecule has 2 rings (SSSR count). The maximum Gasteiger partial charge on any atom is 0.342 e. The number of hydrogen-bond donors (Lipinski definition) is 0. The number of furan rings is 1. The van der Waals surface area contributed by atoms with Gasteiger partial charge in [-0.05, 0) is 32.4 Å². The van der Waals surface area contributed by atoms with Gasteiger partial charge in [-0.3, -0.25) is 4.79 Å². The third-order valence-electron chi connectivity index (χ3n) is 2.96. The van der Waals surface area contributed by atoms with Crippen LogP contribution in [0.1, 0.15) is 66.0 Å². The van der Waals surface area contributed by atoms with Gasteiger partial charge in [0.1, 0.15) is 11.3 Å². The monoisotopic (exact) mass is 282 g/mol. The van der Waals surface area contributed by atoms with Crippen molar-refractivity contribution in [3.8, 4) is 0 Å². The first kappa shape index (κ1) is 14.2. The molecule has 0 unspecified atom stereocenters. The molecule has 0 aliphatic heterocycles. The molecule has 104 valence electrons. The predicted octanol–water partition coefficient (Wildman–Crippen LogP) is 3.65. The minimum atomic E-state index is -0.443. The van der Waals surface area contributed by atoms with Gasteiger partial charge in [0.15, 0.2) is 10.9 Å². The Bertz CT molecular complexity index is 500. The van der Waals surface area contributed by atoms with Gasteiger partial charge in [-0.1, -0.05) is 18.7 Å². The molecule has 0 spiro atoms. The van der Waals surface area contributed by atoms with Crippen LogP contribution in [0, 0.1) is 0 Å². The Morgan fingerprint density at radius 3 is 2.47 bits per heavy atom. The molecule has 1 aliphatic carbocycles. The second kappa shape index (κ2) is 5.82. The van der Waals surface area contributed by atoms with E-state index in [1.54, 1.807) is 6.92 Å². The van der Waals surface area contributed by atoms with Crippen molar-refractivity contribution in [1.82, 2.24) is 0 Å². The fraction of sp³-hybridized carbons (Fsp3) is 0.571. The first-order chi connectivity index (χ1) is 9.10. The van der Waals surface area contributed by atoms with Crippen LogP contribution in [-0.2, 0) is 4.74 Å². The number of thioether (sulfide) groups is 1. The lowest BCUT2D eigenvalue weighted by Crippen LogP contribution is -2.10. The molecule has 5 heteroatoms. The van der Waals surface area contributed by atoms with Gasteiger partial charge in [-0.2, -0.15) is 0 Å². The summed E-state index contributed by atoms with van der Waals surface area (Å²) in [6.45, 7) is 5.49. The van der Waals surface area contributed by atoms with Crippen molar-refractivity contribution in [1.29, 1.82) is 0 Å². The minimum absolute atomic E-state index is 0.144. The number of hydrogen-bond acceptors (Lipinski definition) is 5. The van der Waals surface area contributed by atoms with Crippen LogP contribution in [0.25, 0.3) is 0 Å². The Morgan fingerprint density at radius 2 is 2.00 bits per heavy atom. The number of carbonyl (C=O) groups excluding carboxylic acids is 2. The number of rotatable bonds is 6. The van der Waals surface area contributed by atoms with Crippen molar-refractivity contribution in [2.24, 2.45) is 0 Å². The molecule has 0 radical (unpaired) electrons. The zero-order chi connectivity index (χ0) is 14.0. The summed E-state index contributed by atoms with van der Waals surface area (Å²) in [6, 6.07) is 0. The number of ketones is 1. The first-order valence-corrected chi connectivity index (χ1v) is 7.56. The molecule has 1 saturated carbocycles. The molecule has 0 saturated heterocycles. The maximum absolute atomic E-state index is 12.1. The molecule has 0 atom stereocenters. The van der Waals surface area contributed by atoms with Crippen molar-refractivity contribution in [2.75, 3.05) is 12.4 Å². The van der Waals surface area contributed by atoms with Crippen LogP contribution >= 0.6 is 11.8 Å². The maximum atomic E-state index is 12.1. The SMILES string of the molecule is CCOC(=O)c1c(C2CC2)oc(SCC)c1C(C)=O. The van der Waals surface area contributed by atoms with E-state index in [1.165, 1.54) is 18.7 Å². The second-order valence-corrected chi connectivity index (χ2v) is 5.72. The molecule has 0 bridgehead atoms. The Kier molecular flexibility index (Phi) is 4.34. The van der Waals surface area contributed by atoms with Gasteiger partial charge in [-0.25, -0.2) is 4.79 Å². The standard InChI is InChI=1S/C14H18O4S/c1-4-17-13(16)11-10(8(3)15)14(19-5-2)18-12(11)9-6-7-9/h9H,4-7H2,1-3H3. The van der Waals surface area contributed by atoms with Crippen LogP contribution in [0.5, 0.6) is 0 Å². The highest BCUT2D eigenvalue weighted by Gasteiger charge is 2.37. The Labute approximate surface area is 116 Å². The summed E-state index contributed by atoms with van der Waals surface area (Å²) >= 11 is 1.45. The number of ether oxygens (including phenoxy) is 1. The third-order valence-corrected chi connectivity index (χ3v) is 3.80. The molecular weight excluding hydrogens is 264 g/mol. The number of carbonyl (C=O) groups is 2. The molecule has 1 heterocycles. The molecule has 1 aromatic heterocycles. The van der Waals surface area contributed by atoms with Gasteiger partial charge < -0.3 is 9.15 Å². The highest BCUT2D eigenvalue weighted by molar-refractivity contribution is 7.99. The summed E-state index contributed by atoms with van der Waals surface area (Å²) in [5, 5.41) is 0.556. The molecule has 1 aliphatic rings. The average molecular weight is 282 g/mol. The summed E-state index contributed by atoms with van der Waals surface area (Å²) < 4.78 is 10.8. The molecule has 4 nitrogen and oxygen atoms in total. The summed E-state index contributed by atoms with van der Waals surface area (Å²) in [5.41, 5.74) is 0.750. The Balaban J connectivity index is 2.51. The second-order valence-electron chi connectivity index (χ2n) is 4.49. The Hall–Kier alpha value is -1.23. The summed E-state index contributed by atoms with van der Waals surface area (Å²) in [4.78, 5) is 23.9. The van der Waals surface area contributed by atoms with Gasteiger partial charge in [0, 0.05) is 5.92 Å². The van der Waals surface area contributed by atoms with E-state index in [-0.39, 0.29) is 11.7 Å². The van der Waals surface area contributed by atoms with E-state index in [0.29, 0.717) is 28.6 Å². The third kappa shape index (κ3) is 2.86. The van der Waals surface area contributed by atoms with Crippen LogP contribution in [0.4, 0.5) is 0 Å². The Morgan fingerprint density at radius 1 is 1.32 bits per heavy atom. The van der Waals surface area contributed by atoms with Crippen molar-refractivity contribution in [2.45, 2.75) is 44.6 Å². The van der Waals surface area contributed by atoms with E-state index in [2.05, 4.69) is 0 Å². The van der Waals surface area contributed by atoms with E-state index < -0.39 is 5.97 Å². The predicted molar refractivity (Wildman–Crippen MR) is 73.0 cm³/mol. The highest BCUT2D eigenvalue weighted by atomic mass is 32.2. The van der Waals surface area contributed by atoms with Crippen LogP contribution in [-0.4, -0.2) is 24.1 Å². The lowest BCUT2D eigenvalue weighted by atomic mass is 10.1. The largest absolute Gasteiger partial charge is 0.462 e. The van der Waals surface area contributed by atoms with Crippen LogP contribution in [0.15, 0.2) is 9.51 Å². The van der Waals surface area contributed by atoms with Crippen molar-refractivity contribution >= 4 is 23.5 Å². The average Bonchev–Trinajstić information content (AvgIpc) is 3.11. The minimum Gasteiger partial charge on any atom is -0.462 e. The van der Waals surface area contributed by atoms with Crippen molar-refractivity contribution in [3.05, 3.63) is 16.9 Å². The highest BCUT2D eigenvalue weighted by Crippen LogP contribution is 2.46. The summed E-state index contributed by atoms with van der Waals surface area (Å²) in [7, 11) is 0. The van der Waals surface area contributed by atoms with E-state index in [9.17, 15) is 9.59 Å². The summed E-state index contributed by atoms with van der Waals surface area (Å²) in [5.74, 6) is 1.11. The molecular formula is C14H18O4S. The fourth-order valence-electron chi connectivity index (χ4n) is 2.02. The van der Waals surface area contributed by atoms with E-state index in [0.717, 1.165) is 18.6 Å². The molecule has 19 heavy (non-hydrogen) atoms. The zero-order valence-corrected chi connectivity index (χ0v) is 12.3. The molecule has 1 aromatic rings. The fourth-order valence-corrected chi connectivity index (χ4v) is 2.82. The number of Topliss-reactive ketones (excluding diaryl/α,β-unsaturated/α-hetero) is 1. The molecule has 0 aromatic carbocycles. The quantitative estimate of drug-likeness (QED) is 0.453. The van der Waals surface area contributed by atoms with Crippen LogP contribution in [0.3, 0.4) is 0 Å². The topological polar surface area (TPSA) is 56.5 Å². The van der Waals surface area contributed by atoms with Crippen molar-refractivity contribution in [3.63, 3.8) is 0 Å². The van der Waals surface area contributed by atoms with Gasteiger partial charge >= 0.3 is 5.97 Å². The molecule has 1 fully saturated rings. The first-order valence-electron chi connectivity index (χ1n) is 6.57. The van der Waals surface area contributed by atoms with Crippen LogP contribution in [0.2, 0.25) is 0 Å². The number of esters is 1. The molecule has 0 N–H and O–H groups in total. The van der Waals surface area contributed by atoms with Gasteiger partial charge in [0.05, 0.1) is 12.2 Å². The van der Waals surface area contributed by atoms with Gasteiger partial charge in [0.2, 0.25) is 0 Å². The van der Waals surface area contributed by atoms with E-state index in [1.807, 2.05) is 6.92 Å². The van der Waals surface area contributed by atoms with Gasteiger partial charge in [0.25, 0.3) is 0 Å².